The Labute approximate surface area is 312 Å². The topological polar surface area (TPSA) is 119 Å². The van der Waals surface area contributed by atoms with Crippen molar-refractivity contribution < 1.29 is 19.4 Å². The number of hydrogen-bond acceptors (Lipinski definition) is 7. The quantitative estimate of drug-likeness (QED) is 0.152. The molecule has 270 valence electrons. The highest BCUT2D eigenvalue weighted by Crippen LogP contribution is 2.72. The highest BCUT2D eigenvalue weighted by atomic mass is 32.1. The van der Waals surface area contributed by atoms with Crippen LogP contribution in [0.2, 0.25) is 0 Å². The summed E-state index contributed by atoms with van der Waals surface area (Å²) in [5.41, 5.74) is 5.29. The van der Waals surface area contributed by atoms with Gasteiger partial charge in [0.05, 0.1) is 27.7 Å². The smallest absolute Gasteiger partial charge is 0.355 e. The van der Waals surface area contributed by atoms with Gasteiger partial charge in [-0.3, -0.25) is 14.8 Å². The van der Waals surface area contributed by atoms with Crippen LogP contribution in [0.25, 0.3) is 43.4 Å². The number of rotatable bonds is 9. The molecule has 9 nitrogen and oxygen atoms in total. The third kappa shape index (κ3) is 5.83. The average Bonchev–Trinajstić information content (AvgIpc) is 3.67. The van der Waals surface area contributed by atoms with Crippen LogP contribution in [0, 0.1) is 23.2 Å². The third-order valence-corrected chi connectivity index (χ3v) is 13.0. The van der Waals surface area contributed by atoms with Gasteiger partial charge in [-0.15, -0.1) is 0 Å². The standard InChI is InChI=1S/C43H43N5O4S/c1-5-52-43-22-40(3)19-41(4,23-43)21-42(20-40,24-43)25-48-26(2)32(18-44-48)29-15-16-33(45-36(29)38(50)51)28-14-13-27-9-8-10-30(31(27)17-28)37(49)47-39-46-34-11-6-7-12-35(34)53-39/h6-18H,5,19-25H2,1-4H3,(H,50,51)(H,46,47,49). The van der Waals surface area contributed by atoms with Crippen molar-refractivity contribution in [2.24, 2.45) is 16.2 Å². The fourth-order valence-electron chi connectivity index (χ4n) is 11.4. The summed E-state index contributed by atoms with van der Waals surface area (Å²) in [6.45, 7) is 10.6. The molecule has 3 aromatic carbocycles. The predicted octanol–water partition coefficient (Wildman–Crippen LogP) is 9.79. The second kappa shape index (κ2) is 12.0. The van der Waals surface area contributed by atoms with Crippen molar-refractivity contribution in [3.05, 3.63) is 95.9 Å². The van der Waals surface area contributed by atoms with E-state index in [0.717, 1.165) is 77.5 Å². The molecule has 4 saturated carbocycles. The Morgan fingerprint density at radius 3 is 2.45 bits per heavy atom. The first kappa shape index (κ1) is 33.9. The summed E-state index contributed by atoms with van der Waals surface area (Å²) in [5.74, 6) is -1.37. The molecule has 2 unspecified atom stereocenters. The number of carbonyl (C=O) groups excluding carboxylic acids is 1. The summed E-state index contributed by atoms with van der Waals surface area (Å²) in [5, 5.41) is 20.5. The van der Waals surface area contributed by atoms with Gasteiger partial charge in [0.1, 0.15) is 0 Å². The van der Waals surface area contributed by atoms with Gasteiger partial charge < -0.3 is 9.84 Å². The second-order valence-electron chi connectivity index (χ2n) is 16.7. The Morgan fingerprint density at radius 1 is 0.906 bits per heavy atom. The largest absolute Gasteiger partial charge is 0.476 e. The Balaban J connectivity index is 1.02. The highest BCUT2D eigenvalue weighted by Gasteiger charge is 2.66. The molecule has 4 bridgehead atoms. The van der Waals surface area contributed by atoms with Gasteiger partial charge in [-0.25, -0.2) is 14.8 Å². The number of thiazole rings is 1. The minimum Gasteiger partial charge on any atom is -0.476 e. The van der Waals surface area contributed by atoms with Crippen LogP contribution in [0.5, 0.6) is 0 Å². The molecule has 4 fully saturated rings. The van der Waals surface area contributed by atoms with Gasteiger partial charge in [0.15, 0.2) is 10.8 Å². The Bertz CT molecular complexity index is 2410. The number of nitrogens with zero attached hydrogens (tertiary/aromatic N) is 4. The van der Waals surface area contributed by atoms with E-state index in [4.69, 9.17) is 14.8 Å². The first-order valence-corrected chi connectivity index (χ1v) is 19.3. The maximum Gasteiger partial charge on any atom is 0.355 e. The number of hydrogen-bond donors (Lipinski definition) is 2. The highest BCUT2D eigenvalue weighted by molar-refractivity contribution is 7.22. The normalized spacial score (nSPS) is 26.0. The number of anilines is 1. The van der Waals surface area contributed by atoms with Crippen molar-refractivity contribution in [2.75, 3.05) is 11.9 Å². The fraction of sp³-hybridized carbons (Fsp3) is 0.372. The van der Waals surface area contributed by atoms with Gasteiger partial charge >= 0.3 is 5.97 Å². The molecule has 0 saturated heterocycles. The second-order valence-corrected chi connectivity index (χ2v) is 17.7. The first-order chi connectivity index (χ1) is 25.4. The van der Waals surface area contributed by atoms with Gasteiger partial charge in [-0.1, -0.05) is 61.6 Å². The Hall–Kier alpha value is -4.93. The Morgan fingerprint density at radius 2 is 1.70 bits per heavy atom. The lowest BCUT2D eigenvalue weighted by molar-refractivity contribution is -0.246. The molecule has 2 atom stereocenters. The summed E-state index contributed by atoms with van der Waals surface area (Å²) in [4.78, 5) is 35.6. The summed E-state index contributed by atoms with van der Waals surface area (Å²) in [7, 11) is 0. The monoisotopic (exact) mass is 725 g/mol. The van der Waals surface area contributed by atoms with E-state index >= 15 is 0 Å². The Kier molecular flexibility index (Phi) is 7.70. The first-order valence-electron chi connectivity index (χ1n) is 18.5. The van der Waals surface area contributed by atoms with Gasteiger partial charge in [0.2, 0.25) is 0 Å². The number of ether oxygens (including phenoxy) is 1. The van der Waals surface area contributed by atoms with E-state index in [1.807, 2.05) is 73.7 Å². The molecule has 3 aromatic heterocycles. The molecular weight excluding hydrogens is 683 g/mol. The lowest BCUT2D eigenvalue weighted by atomic mass is 9.39. The van der Waals surface area contributed by atoms with Crippen molar-refractivity contribution in [3.63, 3.8) is 0 Å². The number of carboxylic acids is 1. The van der Waals surface area contributed by atoms with E-state index in [1.165, 1.54) is 17.8 Å². The van der Waals surface area contributed by atoms with Crippen molar-refractivity contribution in [2.45, 2.75) is 78.4 Å². The maximum atomic E-state index is 13.6. The van der Waals surface area contributed by atoms with Crippen LogP contribution in [0.4, 0.5) is 5.13 Å². The van der Waals surface area contributed by atoms with Gasteiger partial charge in [0, 0.05) is 41.1 Å². The zero-order valence-corrected chi connectivity index (χ0v) is 31.3. The number of para-hydroxylation sites is 1. The number of fused-ring (bicyclic) bond motifs is 2. The molecule has 10 rings (SSSR count). The SMILES string of the molecule is CCOC12CC3(C)CC(C)(CC(Cn4ncc(-c5ccc(-c6ccc7cccc(C(=O)Nc8nc9ccccc9s8)c7c6)nc5C(=O)O)c4C)(C3)C1)C2. The zero-order chi connectivity index (χ0) is 36.8. The van der Waals surface area contributed by atoms with Crippen LogP contribution in [-0.2, 0) is 11.3 Å². The summed E-state index contributed by atoms with van der Waals surface area (Å²) in [6.07, 6.45) is 8.67. The van der Waals surface area contributed by atoms with Crippen LogP contribution in [0.1, 0.15) is 85.8 Å². The number of carbonyl (C=O) groups is 2. The minimum absolute atomic E-state index is 0.0303. The summed E-state index contributed by atoms with van der Waals surface area (Å²) < 4.78 is 9.67. The van der Waals surface area contributed by atoms with Crippen LogP contribution in [0.3, 0.4) is 0 Å². The number of nitrogens with one attached hydrogen (secondary N) is 1. The summed E-state index contributed by atoms with van der Waals surface area (Å²) >= 11 is 1.43. The average molecular weight is 726 g/mol. The number of pyridine rings is 1. The van der Waals surface area contributed by atoms with E-state index in [2.05, 4.69) is 35.8 Å². The van der Waals surface area contributed by atoms with Crippen molar-refractivity contribution in [1.82, 2.24) is 19.7 Å². The molecule has 3 heterocycles. The predicted molar refractivity (Wildman–Crippen MR) is 208 cm³/mol. The molecule has 10 heteroatoms. The third-order valence-electron chi connectivity index (χ3n) is 12.0. The van der Waals surface area contributed by atoms with Crippen molar-refractivity contribution >= 4 is 49.3 Å². The lowest BCUT2D eigenvalue weighted by Gasteiger charge is -2.69. The van der Waals surface area contributed by atoms with Crippen LogP contribution in [-0.4, -0.2) is 48.9 Å². The number of aromatic carboxylic acids is 1. The summed E-state index contributed by atoms with van der Waals surface area (Å²) in [6, 6.07) is 22.8. The zero-order valence-electron chi connectivity index (χ0n) is 30.5. The van der Waals surface area contributed by atoms with Gasteiger partial charge in [-0.2, -0.15) is 5.10 Å². The molecule has 4 aliphatic rings. The number of carboxylic acid groups (broad SMARTS) is 1. The van der Waals surface area contributed by atoms with E-state index in [1.54, 1.807) is 12.3 Å². The maximum absolute atomic E-state index is 13.6. The molecule has 4 aliphatic carbocycles. The van der Waals surface area contributed by atoms with Crippen LogP contribution >= 0.6 is 11.3 Å². The fourth-order valence-corrected chi connectivity index (χ4v) is 12.2. The molecule has 6 aromatic rings. The number of aromatic nitrogens is 4. The van der Waals surface area contributed by atoms with E-state index in [0.29, 0.717) is 27.5 Å². The van der Waals surface area contributed by atoms with E-state index in [-0.39, 0.29) is 33.4 Å². The number of amides is 1. The molecule has 0 radical (unpaired) electrons. The minimum atomic E-state index is -1.11. The lowest BCUT2D eigenvalue weighted by Crippen LogP contribution is -2.64. The number of benzene rings is 3. The van der Waals surface area contributed by atoms with Gasteiger partial charge in [-0.05, 0) is 116 Å². The van der Waals surface area contributed by atoms with E-state index in [9.17, 15) is 14.7 Å². The molecule has 53 heavy (non-hydrogen) atoms. The molecular formula is C43H43N5O4S. The van der Waals surface area contributed by atoms with Crippen molar-refractivity contribution in [3.8, 4) is 22.4 Å². The molecule has 2 N–H and O–H groups in total. The van der Waals surface area contributed by atoms with Crippen LogP contribution < -0.4 is 5.32 Å². The molecule has 1 amide bonds. The van der Waals surface area contributed by atoms with Crippen molar-refractivity contribution in [1.29, 1.82) is 0 Å². The van der Waals surface area contributed by atoms with Crippen LogP contribution in [0.15, 0.2) is 79.0 Å². The van der Waals surface area contributed by atoms with Gasteiger partial charge in [0.25, 0.3) is 5.91 Å². The molecule has 0 spiro atoms. The van der Waals surface area contributed by atoms with E-state index < -0.39 is 5.97 Å². The molecule has 0 aliphatic heterocycles.